The second kappa shape index (κ2) is 2.96. The van der Waals surface area contributed by atoms with E-state index in [1.165, 1.54) is 0 Å². The maximum Gasteiger partial charge on any atom is 0.267 e. The highest BCUT2D eigenvalue weighted by Crippen LogP contribution is 1.87. The quantitative estimate of drug-likeness (QED) is 0.593. The molecule has 3 heteroatoms. The molecule has 1 aromatic rings. The molecule has 0 unspecified atom stereocenters. The summed E-state index contributed by atoms with van der Waals surface area (Å²) in [6.45, 7) is 3.51. The SMILES string of the molecule is C=CCc1c[c]n[nH]c1=O. The lowest BCUT2D eigenvalue weighted by Crippen LogP contribution is -2.12. The summed E-state index contributed by atoms with van der Waals surface area (Å²) in [6.07, 6.45) is 4.76. The summed E-state index contributed by atoms with van der Waals surface area (Å²) < 4.78 is 0. The summed E-state index contributed by atoms with van der Waals surface area (Å²) in [5.74, 6) is 0. The van der Waals surface area contributed by atoms with Gasteiger partial charge in [0.1, 0.15) is 6.20 Å². The highest BCUT2D eigenvalue weighted by molar-refractivity contribution is 5.08. The molecule has 0 atom stereocenters. The summed E-state index contributed by atoms with van der Waals surface area (Å²) in [4.78, 5) is 10.8. The third kappa shape index (κ3) is 1.31. The Kier molecular flexibility index (Phi) is 1.99. The van der Waals surface area contributed by atoms with E-state index in [-0.39, 0.29) is 5.56 Å². The van der Waals surface area contributed by atoms with Crippen molar-refractivity contribution in [3.05, 3.63) is 40.8 Å². The molecular formula is C7H7N2O. The monoisotopic (exact) mass is 135 g/mol. The molecule has 0 fully saturated rings. The summed E-state index contributed by atoms with van der Waals surface area (Å²) in [7, 11) is 0. The van der Waals surface area contributed by atoms with Gasteiger partial charge in [0.05, 0.1) is 0 Å². The van der Waals surface area contributed by atoms with Crippen LogP contribution in [0.25, 0.3) is 0 Å². The summed E-state index contributed by atoms with van der Waals surface area (Å²) in [6, 6.07) is 1.56. The van der Waals surface area contributed by atoms with Crippen molar-refractivity contribution in [2.45, 2.75) is 6.42 Å². The van der Waals surface area contributed by atoms with Gasteiger partial charge in [0.15, 0.2) is 0 Å². The smallest absolute Gasteiger partial charge is 0.267 e. The number of aromatic amines is 1. The third-order valence-corrected chi connectivity index (χ3v) is 1.12. The first-order valence-corrected chi connectivity index (χ1v) is 2.90. The van der Waals surface area contributed by atoms with Crippen molar-refractivity contribution in [3.63, 3.8) is 0 Å². The van der Waals surface area contributed by atoms with E-state index in [4.69, 9.17) is 0 Å². The number of H-pyrrole nitrogens is 1. The number of nitrogens with zero attached hydrogens (tertiary/aromatic N) is 1. The molecule has 1 radical (unpaired) electrons. The van der Waals surface area contributed by atoms with Gasteiger partial charge in [-0.25, -0.2) is 5.10 Å². The molecule has 0 amide bonds. The summed E-state index contributed by atoms with van der Waals surface area (Å²) >= 11 is 0. The van der Waals surface area contributed by atoms with Gasteiger partial charge in [-0.2, -0.15) is 5.10 Å². The van der Waals surface area contributed by atoms with Gasteiger partial charge < -0.3 is 0 Å². The van der Waals surface area contributed by atoms with E-state index in [0.29, 0.717) is 12.0 Å². The second-order valence-electron chi connectivity index (χ2n) is 1.84. The Hall–Kier alpha value is -1.38. The van der Waals surface area contributed by atoms with Gasteiger partial charge in [0, 0.05) is 5.56 Å². The number of nitrogens with one attached hydrogen (secondary N) is 1. The molecule has 0 aliphatic carbocycles. The lowest BCUT2D eigenvalue weighted by Gasteiger charge is -1.89. The van der Waals surface area contributed by atoms with Crippen LogP contribution in [0.5, 0.6) is 0 Å². The number of hydrogen-bond acceptors (Lipinski definition) is 2. The molecule has 51 valence electrons. The molecule has 1 aromatic heterocycles. The molecule has 0 spiro atoms. The van der Waals surface area contributed by atoms with Crippen LogP contribution in [0.1, 0.15) is 5.56 Å². The average molecular weight is 135 g/mol. The van der Waals surface area contributed by atoms with Crippen molar-refractivity contribution in [2.24, 2.45) is 0 Å². The molecule has 0 aliphatic heterocycles. The summed E-state index contributed by atoms with van der Waals surface area (Å²) in [5.41, 5.74) is 0.476. The van der Waals surface area contributed by atoms with Crippen molar-refractivity contribution in [1.82, 2.24) is 10.2 Å². The van der Waals surface area contributed by atoms with Crippen LogP contribution in [0, 0.1) is 6.20 Å². The largest absolute Gasteiger partial charge is 0.268 e. The van der Waals surface area contributed by atoms with Crippen LogP contribution in [-0.4, -0.2) is 10.2 Å². The molecule has 1 N–H and O–H groups in total. The topological polar surface area (TPSA) is 45.8 Å². The van der Waals surface area contributed by atoms with Gasteiger partial charge in [-0.15, -0.1) is 6.58 Å². The van der Waals surface area contributed by atoms with Crippen molar-refractivity contribution in [2.75, 3.05) is 0 Å². The number of hydrogen-bond donors (Lipinski definition) is 1. The van der Waals surface area contributed by atoms with Gasteiger partial charge in [-0.1, -0.05) is 6.08 Å². The molecule has 1 rings (SSSR count). The van der Waals surface area contributed by atoms with Crippen molar-refractivity contribution in [1.29, 1.82) is 0 Å². The van der Waals surface area contributed by atoms with Crippen molar-refractivity contribution < 1.29 is 0 Å². The average Bonchev–Trinajstić information content (AvgIpc) is 1.94. The van der Waals surface area contributed by atoms with Gasteiger partial charge in [-0.05, 0) is 12.5 Å². The molecular weight excluding hydrogens is 128 g/mol. The van der Waals surface area contributed by atoms with E-state index in [9.17, 15) is 4.79 Å². The van der Waals surface area contributed by atoms with Crippen LogP contribution in [-0.2, 0) is 6.42 Å². The Labute approximate surface area is 58.4 Å². The first-order chi connectivity index (χ1) is 4.84. The van der Waals surface area contributed by atoms with Crippen molar-refractivity contribution >= 4 is 0 Å². The van der Waals surface area contributed by atoms with Crippen LogP contribution < -0.4 is 5.56 Å². The zero-order valence-corrected chi connectivity index (χ0v) is 5.42. The fraction of sp³-hybridized carbons (Fsp3) is 0.143. The first-order valence-electron chi connectivity index (χ1n) is 2.90. The number of aromatic nitrogens is 2. The third-order valence-electron chi connectivity index (χ3n) is 1.12. The Morgan fingerprint density at radius 1 is 1.90 bits per heavy atom. The Bertz CT molecular complexity index is 277. The van der Waals surface area contributed by atoms with Gasteiger partial charge in [0.2, 0.25) is 0 Å². The Morgan fingerprint density at radius 2 is 2.70 bits per heavy atom. The summed E-state index contributed by atoms with van der Waals surface area (Å²) in [5, 5.41) is 5.71. The highest BCUT2D eigenvalue weighted by Gasteiger charge is 1.93. The minimum atomic E-state index is -0.168. The van der Waals surface area contributed by atoms with Crippen LogP contribution in [0.2, 0.25) is 0 Å². The van der Waals surface area contributed by atoms with Crippen LogP contribution in [0.15, 0.2) is 23.5 Å². The van der Waals surface area contributed by atoms with E-state index in [0.717, 1.165) is 0 Å². The van der Waals surface area contributed by atoms with E-state index in [1.54, 1.807) is 12.1 Å². The van der Waals surface area contributed by atoms with E-state index >= 15 is 0 Å². The molecule has 3 nitrogen and oxygen atoms in total. The predicted molar refractivity (Wildman–Crippen MR) is 37.6 cm³/mol. The molecule has 0 saturated carbocycles. The predicted octanol–water partition coefficient (Wildman–Crippen LogP) is 0.299. The maximum absolute atomic E-state index is 10.8. The standard InChI is InChI=1S/C7H7N2O/c1-2-3-6-4-5-8-9-7(6)10/h2,4H,1,3H2,(H,9,10). The van der Waals surface area contributed by atoms with Gasteiger partial charge >= 0.3 is 0 Å². The van der Waals surface area contributed by atoms with Crippen LogP contribution in [0.3, 0.4) is 0 Å². The minimum Gasteiger partial charge on any atom is -0.268 e. The molecule has 10 heavy (non-hydrogen) atoms. The van der Waals surface area contributed by atoms with E-state index < -0.39 is 0 Å². The normalized spacial score (nSPS) is 9.20. The zero-order chi connectivity index (χ0) is 7.40. The first kappa shape index (κ1) is 6.74. The van der Waals surface area contributed by atoms with E-state index in [1.807, 2.05) is 0 Å². The molecule has 0 bridgehead atoms. The number of allylic oxidation sites excluding steroid dienone is 1. The molecule has 0 saturated heterocycles. The van der Waals surface area contributed by atoms with E-state index in [2.05, 4.69) is 23.0 Å². The second-order valence-corrected chi connectivity index (χ2v) is 1.84. The lowest BCUT2D eigenvalue weighted by atomic mass is 10.2. The molecule has 0 aliphatic rings. The molecule has 0 aromatic carbocycles. The van der Waals surface area contributed by atoms with Crippen molar-refractivity contribution in [3.8, 4) is 0 Å². The lowest BCUT2D eigenvalue weighted by molar-refractivity contribution is 0.948. The highest BCUT2D eigenvalue weighted by atomic mass is 16.1. The maximum atomic E-state index is 10.8. The molecule has 1 heterocycles. The van der Waals surface area contributed by atoms with Gasteiger partial charge in [-0.3, -0.25) is 4.79 Å². The Morgan fingerprint density at radius 3 is 3.30 bits per heavy atom. The Balaban J connectivity index is 3.03. The zero-order valence-electron chi connectivity index (χ0n) is 5.42. The van der Waals surface area contributed by atoms with Crippen LogP contribution in [0.4, 0.5) is 0 Å². The fourth-order valence-corrected chi connectivity index (χ4v) is 0.638. The van der Waals surface area contributed by atoms with Gasteiger partial charge in [0.25, 0.3) is 5.56 Å². The fourth-order valence-electron chi connectivity index (χ4n) is 0.638. The number of rotatable bonds is 2. The van der Waals surface area contributed by atoms with Crippen LogP contribution >= 0.6 is 0 Å². The minimum absolute atomic E-state index is 0.168.